The molecule has 4 nitrogen and oxygen atoms in total. The lowest BCUT2D eigenvalue weighted by molar-refractivity contribution is 0.239. The van der Waals surface area contributed by atoms with Gasteiger partial charge in [0, 0.05) is 24.8 Å². The van der Waals surface area contributed by atoms with Crippen molar-refractivity contribution in [1.82, 2.24) is 15.6 Å². The standard InChI is InChI=1S/C14H19N3OS2/c1-10(9-19-2)16-14(18)15-8-7-13-17-11-5-3-4-6-12(11)20-13/h3-6,10H,7-9H2,1-2H3,(H2,15,16,18)/t10-/m0/s1. The van der Waals surface area contributed by atoms with Crippen LogP contribution in [0, 0.1) is 0 Å². The Kier molecular flexibility index (Phi) is 5.67. The first-order valence-electron chi connectivity index (χ1n) is 6.57. The van der Waals surface area contributed by atoms with Crippen LogP contribution in [-0.4, -0.2) is 35.6 Å². The molecule has 20 heavy (non-hydrogen) atoms. The van der Waals surface area contributed by atoms with E-state index in [0.29, 0.717) is 6.54 Å². The number of nitrogens with one attached hydrogen (secondary N) is 2. The highest BCUT2D eigenvalue weighted by Crippen LogP contribution is 2.21. The van der Waals surface area contributed by atoms with Crippen molar-refractivity contribution in [1.29, 1.82) is 0 Å². The largest absolute Gasteiger partial charge is 0.338 e. The van der Waals surface area contributed by atoms with E-state index in [1.807, 2.05) is 31.4 Å². The number of hydrogen-bond donors (Lipinski definition) is 2. The molecule has 2 aromatic rings. The van der Waals surface area contributed by atoms with Gasteiger partial charge in [0.1, 0.15) is 0 Å². The molecule has 1 aromatic carbocycles. The molecule has 108 valence electrons. The molecule has 0 aliphatic rings. The third kappa shape index (κ3) is 4.38. The Hall–Kier alpha value is -1.27. The van der Waals surface area contributed by atoms with Crippen molar-refractivity contribution >= 4 is 39.3 Å². The second kappa shape index (κ2) is 7.50. The minimum absolute atomic E-state index is 0.104. The minimum atomic E-state index is -0.104. The summed E-state index contributed by atoms with van der Waals surface area (Å²) in [5.74, 6) is 0.922. The van der Waals surface area contributed by atoms with Gasteiger partial charge in [-0.15, -0.1) is 11.3 Å². The van der Waals surface area contributed by atoms with E-state index in [2.05, 4.69) is 21.7 Å². The number of carbonyl (C=O) groups excluding carboxylic acids is 1. The molecule has 0 aliphatic carbocycles. The second-order valence-corrected chi connectivity index (χ2v) is 6.61. The lowest BCUT2D eigenvalue weighted by Crippen LogP contribution is -2.42. The molecule has 2 N–H and O–H groups in total. The van der Waals surface area contributed by atoms with E-state index in [9.17, 15) is 4.79 Å². The molecule has 1 atom stereocenters. The van der Waals surface area contributed by atoms with Gasteiger partial charge in [0.25, 0.3) is 0 Å². The monoisotopic (exact) mass is 309 g/mol. The summed E-state index contributed by atoms with van der Waals surface area (Å²) in [6.07, 6.45) is 2.80. The average Bonchev–Trinajstić information content (AvgIpc) is 2.81. The molecule has 1 aromatic heterocycles. The van der Waals surface area contributed by atoms with E-state index < -0.39 is 0 Å². The van der Waals surface area contributed by atoms with Crippen LogP contribution in [-0.2, 0) is 6.42 Å². The zero-order valence-corrected chi connectivity index (χ0v) is 13.3. The van der Waals surface area contributed by atoms with E-state index in [0.717, 1.165) is 22.7 Å². The van der Waals surface area contributed by atoms with E-state index in [-0.39, 0.29) is 12.1 Å². The summed E-state index contributed by atoms with van der Waals surface area (Å²) in [7, 11) is 0. The first-order valence-corrected chi connectivity index (χ1v) is 8.78. The fourth-order valence-electron chi connectivity index (χ4n) is 1.88. The Labute approximate surface area is 127 Å². The summed E-state index contributed by atoms with van der Waals surface area (Å²) in [5, 5.41) is 6.84. The van der Waals surface area contributed by atoms with Crippen molar-refractivity contribution in [3.05, 3.63) is 29.3 Å². The normalized spacial score (nSPS) is 12.3. The number of rotatable bonds is 6. The SMILES string of the molecule is CSC[C@H](C)NC(=O)NCCc1nc2ccccc2s1. The van der Waals surface area contributed by atoms with E-state index in [1.54, 1.807) is 23.1 Å². The second-order valence-electron chi connectivity index (χ2n) is 4.58. The molecule has 0 fully saturated rings. The Bertz CT molecular complexity index is 537. The van der Waals surface area contributed by atoms with Crippen LogP contribution in [0.1, 0.15) is 11.9 Å². The van der Waals surface area contributed by atoms with Crippen molar-refractivity contribution in [2.45, 2.75) is 19.4 Å². The van der Waals surface area contributed by atoms with Crippen LogP contribution in [0.5, 0.6) is 0 Å². The zero-order valence-electron chi connectivity index (χ0n) is 11.7. The molecule has 0 radical (unpaired) electrons. The van der Waals surface area contributed by atoms with Gasteiger partial charge in [0.05, 0.1) is 15.2 Å². The van der Waals surface area contributed by atoms with Gasteiger partial charge in [-0.25, -0.2) is 9.78 Å². The molecule has 0 saturated heterocycles. The number of nitrogens with zero attached hydrogens (tertiary/aromatic N) is 1. The molecule has 0 spiro atoms. The third-order valence-electron chi connectivity index (χ3n) is 2.76. The number of carbonyl (C=O) groups is 1. The maximum Gasteiger partial charge on any atom is 0.315 e. The van der Waals surface area contributed by atoms with Crippen LogP contribution >= 0.6 is 23.1 Å². The molecular weight excluding hydrogens is 290 g/mol. The topological polar surface area (TPSA) is 54.0 Å². The summed E-state index contributed by atoms with van der Waals surface area (Å²) in [6, 6.07) is 8.17. The number of para-hydroxylation sites is 1. The number of amides is 2. The molecular formula is C14H19N3OS2. The van der Waals surface area contributed by atoms with Gasteiger partial charge in [-0.2, -0.15) is 11.8 Å². The van der Waals surface area contributed by atoms with Gasteiger partial charge >= 0.3 is 6.03 Å². The number of aromatic nitrogens is 1. The summed E-state index contributed by atoms with van der Waals surface area (Å²) in [4.78, 5) is 16.2. The fourth-order valence-corrected chi connectivity index (χ4v) is 3.43. The molecule has 1 heterocycles. The molecule has 0 saturated carbocycles. The van der Waals surface area contributed by atoms with Crippen LogP contribution in [0.3, 0.4) is 0 Å². The first-order chi connectivity index (χ1) is 9.69. The predicted octanol–water partition coefficient (Wildman–Crippen LogP) is 2.89. The number of benzene rings is 1. The average molecular weight is 309 g/mol. The number of urea groups is 1. The Morgan fingerprint density at radius 1 is 1.45 bits per heavy atom. The summed E-state index contributed by atoms with van der Waals surface area (Å²) >= 11 is 3.41. The minimum Gasteiger partial charge on any atom is -0.338 e. The molecule has 0 bridgehead atoms. The van der Waals surface area contributed by atoms with E-state index in [4.69, 9.17) is 0 Å². The van der Waals surface area contributed by atoms with Gasteiger partial charge in [-0.05, 0) is 25.3 Å². The highest BCUT2D eigenvalue weighted by molar-refractivity contribution is 7.98. The van der Waals surface area contributed by atoms with Gasteiger partial charge in [-0.1, -0.05) is 12.1 Å². The molecule has 0 unspecified atom stereocenters. The lowest BCUT2D eigenvalue weighted by atomic mass is 10.3. The van der Waals surface area contributed by atoms with Crippen molar-refractivity contribution < 1.29 is 4.79 Å². The lowest BCUT2D eigenvalue weighted by Gasteiger charge is -2.12. The van der Waals surface area contributed by atoms with Gasteiger partial charge < -0.3 is 10.6 Å². The van der Waals surface area contributed by atoms with Crippen molar-refractivity contribution in [3.8, 4) is 0 Å². The van der Waals surface area contributed by atoms with Crippen LogP contribution < -0.4 is 10.6 Å². The van der Waals surface area contributed by atoms with Crippen molar-refractivity contribution in [2.75, 3.05) is 18.6 Å². The smallest absolute Gasteiger partial charge is 0.315 e. The maximum atomic E-state index is 11.6. The zero-order chi connectivity index (χ0) is 14.4. The van der Waals surface area contributed by atoms with Crippen LogP contribution in [0.25, 0.3) is 10.2 Å². The molecule has 2 amide bonds. The molecule has 0 aliphatic heterocycles. The highest BCUT2D eigenvalue weighted by atomic mass is 32.2. The maximum absolute atomic E-state index is 11.6. The summed E-state index contributed by atoms with van der Waals surface area (Å²) < 4.78 is 1.19. The number of fused-ring (bicyclic) bond motifs is 1. The summed E-state index contributed by atoms with van der Waals surface area (Å²) in [6.45, 7) is 2.61. The summed E-state index contributed by atoms with van der Waals surface area (Å²) in [5.41, 5.74) is 1.03. The van der Waals surface area contributed by atoms with Crippen LogP contribution in [0.2, 0.25) is 0 Å². The molecule has 2 rings (SSSR count). The van der Waals surface area contributed by atoms with Crippen LogP contribution in [0.4, 0.5) is 4.79 Å². The van der Waals surface area contributed by atoms with Gasteiger partial charge in [-0.3, -0.25) is 0 Å². The Morgan fingerprint density at radius 3 is 3.00 bits per heavy atom. The number of thioether (sulfide) groups is 1. The van der Waals surface area contributed by atoms with Crippen molar-refractivity contribution in [3.63, 3.8) is 0 Å². The van der Waals surface area contributed by atoms with Crippen molar-refractivity contribution in [2.24, 2.45) is 0 Å². The fraction of sp³-hybridized carbons (Fsp3) is 0.429. The predicted molar refractivity (Wildman–Crippen MR) is 87.7 cm³/mol. The van der Waals surface area contributed by atoms with Gasteiger partial charge in [0.2, 0.25) is 0 Å². The quantitative estimate of drug-likeness (QED) is 0.862. The van der Waals surface area contributed by atoms with E-state index >= 15 is 0 Å². The van der Waals surface area contributed by atoms with Crippen LogP contribution in [0.15, 0.2) is 24.3 Å². The molecule has 6 heteroatoms. The number of hydrogen-bond acceptors (Lipinski definition) is 4. The first kappa shape index (κ1) is 15.1. The van der Waals surface area contributed by atoms with E-state index in [1.165, 1.54) is 4.70 Å². The van der Waals surface area contributed by atoms with Gasteiger partial charge in [0.15, 0.2) is 0 Å². The Balaban J connectivity index is 1.76. The number of thiazole rings is 1. The third-order valence-corrected chi connectivity index (χ3v) is 4.69. The highest BCUT2D eigenvalue weighted by Gasteiger charge is 2.07. The Morgan fingerprint density at radius 2 is 2.25 bits per heavy atom.